The summed E-state index contributed by atoms with van der Waals surface area (Å²) >= 11 is 3.36. The molecule has 0 saturated heterocycles. The van der Waals surface area contributed by atoms with E-state index in [1.807, 2.05) is 6.07 Å². The SMILES string of the molecule is COc1cccc(/C=N/N=C2\C(=O)Nc3ccc(Br)cc32)c1O. The zero-order valence-corrected chi connectivity index (χ0v) is 13.7. The molecule has 1 aliphatic rings. The molecule has 0 radical (unpaired) electrons. The molecule has 2 N–H and O–H groups in total. The van der Waals surface area contributed by atoms with E-state index in [-0.39, 0.29) is 17.4 Å². The molecule has 0 aliphatic carbocycles. The highest BCUT2D eigenvalue weighted by Crippen LogP contribution is 2.29. The Balaban J connectivity index is 1.92. The molecule has 6 nitrogen and oxygen atoms in total. The van der Waals surface area contributed by atoms with Crippen molar-refractivity contribution in [2.45, 2.75) is 0 Å². The number of para-hydroxylation sites is 1. The number of amides is 1. The predicted octanol–water partition coefficient (Wildman–Crippen LogP) is 2.94. The van der Waals surface area contributed by atoms with Gasteiger partial charge in [0.05, 0.1) is 19.0 Å². The van der Waals surface area contributed by atoms with Crippen LogP contribution in [0.3, 0.4) is 0 Å². The van der Waals surface area contributed by atoms with Gasteiger partial charge >= 0.3 is 0 Å². The number of carbonyl (C=O) groups excluding carboxylic acids is 1. The summed E-state index contributed by atoms with van der Waals surface area (Å²) in [6.07, 6.45) is 1.37. The summed E-state index contributed by atoms with van der Waals surface area (Å²) in [4.78, 5) is 12.0. The first kappa shape index (κ1) is 15.2. The van der Waals surface area contributed by atoms with Gasteiger partial charge < -0.3 is 15.2 Å². The van der Waals surface area contributed by atoms with Crippen LogP contribution in [0.1, 0.15) is 11.1 Å². The van der Waals surface area contributed by atoms with Crippen LogP contribution in [-0.2, 0) is 4.79 Å². The third-order valence-electron chi connectivity index (χ3n) is 3.30. The Morgan fingerprint density at radius 3 is 2.91 bits per heavy atom. The van der Waals surface area contributed by atoms with E-state index in [0.717, 1.165) is 4.47 Å². The molecule has 0 fully saturated rings. The van der Waals surface area contributed by atoms with Crippen LogP contribution < -0.4 is 10.1 Å². The summed E-state index contributed by atoms with van der Waals surface area (Å²) in [5.74, 6) is -0.00225. The van der Waals surface area contributed by atoms with Gasteiger partial charge in [-0.25, -0.2) is 0 Å². The second kappa shape index (κ2) is 6.21. The van der Waals surface area contributed by atoms with Crippen molar-refractivity contribution in [1.29, 1.82) is 0 Å². The molecular formula is C16H12BrN3O3. The number of anilines is 1. The highest BCUT2D eigenvalue weighted by molar-refractivity contribution is 9.10. The first-order valence-electron chi connectivity index (χ1n) is 6.68. The molecular weight excluding hydrogens is 362 g/mol. The van der Waals surface area contributed by atoms with Crippen molar-refractivity contribution in [2.75, 3.05) is 12.4 Å². The Labute approximate surface area is 140 Å². The van der Waals surface area contributed by atoms with E-state index in [1.165, 1.54) is 13.3 Å². The summed E-state index contributed by atoms with van der Waals surface area (Å²) in [7, 11) is 1.47. The maximum atomic E-state index is 12.0. The van der Waals surface area contributed by atoms with Crippen molar-refractivity contribution >= 4 is 39.5 Å². The number of nitrogens with one attached hydrogen (secondary N) is 1. The fourth-order valence-electron chi connectivity index (χ4n) is 2.18. The average molecular weight is 374 g/mol. The van der Waals surface area contributed by atoms with Crippen molar-refractivity contribution in [2.24, 2.45) is 10.2 Å². The van der Waals surface area contributed by atoms with Gasteiger partial charge in [-0.3, -0.25) is 4.79 Å². The number of rotatable bonds is 3. The molecule has 0 spiro atoms. The van der Waals surface area contributed by atoms with Crippen LogP contribution in [0.5, 0.6) is 11.5 Å². The highest BCUT2D eigenvalue weighted by Gasteiger charge is 2.26. The van der Waals surface area contributed by atoms with Crippen molar-refractivity contribution in [1.82, 2.24) is 0 Å². The standard InChI is InChI=1S/C16H12BrN3O3/c1-23-13-4-2-3-9(15(13)21)8-18-20-14-11-7-10(17)5-6-12(11)19-16(14)22/h2-8,21H,1H3,(H,19,20,22)/b18-8+. The number of fused-ring (bicyclic) bond motifs is 1. The molecule has 7 heteroatoms. The lowest BCUT2D eigenvalue weighted by Crippen LogP contribution is -2.13. The lowest BCUT2D eigenvalue weighted by Gasteiger charge is -2.04. The van der Waals surface area contributed by atoms with Crippen molar-refractivity contribution < 1.29 is 14.6 Å². The van der Waals surface area contributed by atoms with Gasteiger partial charge in [-0.05, 0) is 30.3 Å². The minimum atomic E-state index is -0.315. The number of hydrogen-bond donors (Lipinski definition) is 2. The first-order valence-corrected chi connectivity index (χ1v) is 7.47. The van der Waals surface area contributed by atoms with Crippen LogP contribution in [0.4, 0.5) is 5.69 Å². The number of aromatic hydroxyl groups is 1. The van der Waals surface area contributed by atoms with Crippen LogP contribution >= 0.6 is 15.9 Å². The quantitative estimate of drug-likeness (QED) is 0.640. The number of halogens is 1. The van der Waals surface area contributed by atoms with Gasteiger partial charge in [0.25, 0.3) is 5.91 Å². The Hall–Kier alpha value is -2.67. The molecule has 1 aliphatic heterocycles. The molecule has 0 unspecified atom stereocenters. The van der Waals surface area contributed by atoms with Gasteiger partial charge in [0.15, 0.2) is 17.2 Å². The monoisotopic (exact) mass is 373 g/mol. The number of nitrogens with zero attached hydrogens (tertiary/aromatic N) is 2. The van der Waals surface area contributed by atoms with Gasteiger partial charge in [0.2, 0.25) is 0 Å². The summed E-state index contributed by atoms with van der Waals surface area (Å²) in [5.41, 5.74) is 2.04. The molecule has 0 aromatic heterocycles. The van der Waals surface area contributed by atoms with Gasteiger partial charge in [-0.2, -0.15) is 5.10 Å². The Morgan fingerprint density at radius 1 is 1.30 bits per heavy atom. The van der Waals surface area contributed by atoms with Crippen molar-refractivity contribution in [3.8, 4) is 11.5 Å². The Morgan fingerprint density at radius 2 is 2.13 bits per heavy atom. The molecule has 116 valence electrons. The third kappa shape index (κ3) is 2.95. The van der Waals surface area contributed by atoms with E-state index < -0.39 is 0 Å². The number of carbonyl (C=O) groups is 1. The average Bonchev–Trinajstić information content (AvgIpc) is 2.84. The molecule has 3 rings (SSSR count). The van der Waals surface area contributed by atoms with Crippen molar-refractivity contribution in [3.05, 3.63) is 52.0 Å². The molecule has 0 atom stereocenters. The summed E-state index contributed by atoms with van der Waals surface area (Å²) < 4.78 is 5.87. The normalized spacial score (nSPS) is 15.0. The van der Waals surface area contributed by atoms with E-state index in [2.05, 4.69) is 31.4 Å². The largest absolute Gasteiger partial charge is 0.504 e. The van der Waals surface area contributed by atoms with Crippen LogP contribution in [0.25, 0.3) is 0 Å². The van der Waals surface area contributed by atoms with Gasteiger partial charge in [-0.15, -0.1) is 5.10 Å². The number of phenols is 1. The first-order chi connectivity index (χ1) is 11.1. The molecule has 1 heterocycles. The van der Waals surface area contributed by atoms with Gasteiger partial charge in [0.1, 0.15) is 0 Å². The molecule has 23 heavy (non-hydrogen) atoms. The van der Waals surface area contributed by atoms with E-state index >= 15 is 0 Å². The van der Waals surface area contributed by atoms with Gasteiger partial charge in [0, 0.05) is 15.6 Å². The molecule has 0 bridgehead atoms. The highest BCUT2D eigenvalue weighted by atomic mass is 79.9. The van der Waals surface area contributed by atoms with E-state index in [9.17, 15) is 9.90 Å². The van der Waals surface area contributed by atoms with Crippen LogP contribution in [0.2, 0.25) is 0 Å². The van der Waals surface area contributed by atoms with E-state index in [0.29, 0.717) is 22.6 Å². The minimum absolute atomic E-state index is 0.0297. The summed E-state index contributed by atoms with van der Waals surface area (Å²) in [6.45, 7) is 0. The molecule has 0 saturated carbocycles. The Bertz CT molecular complexity index is 846. The zero-order valence-electron chi connectivity index (χ0n) is 12.1. The predicted molar refractivity (Wildman–Crippen MR) is 91.6 cm³/mol. The minimum Gasteiger partial charge on any atom is -0.504 e. The van der Waals surface area contributed by atoms with Crippen LogP contribution in [0, 0.1) is 0 Å². The molecule has 2 aromatic rings. The second-order valence-electron chi connectivity index (χ2n) is 4.74. The Kier molecular flexibility index (Phi) is 4.12. The fourth-order valence-corrected chi connectivity index (χ4v) is 2.54. The number of ether oxygens (including phenoxy) is 1. The van der Waals surface area contributed by atoms with E-state index in [1.54, 1.807) is 30.3 Å². The van der Waals surface area contributed by atoms with Gasteiger partial charge in [-0.1, -0.05) is 22.0 Å². The van der Waals surface area contributed by atoms with Crippen LogP contribution in [0.15, 0.2) is 51.1 Å². The summed E-state index contributed by atoms with van der Waals surface area (Å²) in [5, 5.41) is 20.6. The number of hydrogen-bond acceptors (Lipinski definition) is 5. The summed E-state index contributed by atoms with van der Waals surface area (Å²) in [6, 6.07) is 10.4. The second-order valence-corrected chi connectivity index (χ2v) is 5.65. The maximum absolute atomic E-state index is 12.0. The topological polar surface area (TPSA) is 83.3 Å². The van der Waals surface area contributed by atoms with Crippen LogP contribution in [-0.4, -0.2) is 30.0 Å². The third-order valence-corrected chi connectivity index (χ3v) is 3.80. The zero-order chi connectivity index (χ0) is 16.4. The van der Waals surface area contributed by atoms with E-state index in [4.69, 9.17) is 4.74 Å². The number of phenolic OH excluding ortho intramolecular Hbond substituents is 1. The molecule has 1 amide bonds. The number of methoxy groups -OCH3 is 1. The lowest BCUT2D eigenvalue weighted by atomic mass is 10.1. The number of benzene rings is 2. The maximum Gasteiger partial charge on any atom is 0.276 e. The smallest absolute Gasteiger partial charge is 0.276 e. The van der Waals surface area contributed by atoms with Crippen molar-refractivity contribution in [3.63, 3.8) is 0 Å². The lowest BCUT2D eigenvalue weighted by molar-refractivity contribution is -0.110. The molecule has 2 aromatic carbocycles. The fraction of sp³-hybridized carbons (Fsp3) is 0.0625.